The zero-order valence-corrected chi connectivity index (χ0v) is 11.0. The molecule has 0 fully saturated rings. The zero-order chi connectivity index (χ0) is 13.9. The second-order valence-electron chi connectivity index (χ2n) is 4.44. The predicted octanol–water partition coefficient (Wildman–Crippen LogP) is 3.46. The summed E-state index contributed by atoms with van der Waals surface area (Å²) in [6, 6.07) is 14.9. The first kappa shape index (κ1) is 12.3. The summed E-state index contributed by atoms with van der Waals surface area (Å²) in [5, 5.41) is 16.5. The minimum absolute atomic E-state index is 0.246. The molecule has 2 aromatic carbocycles. The lowest BCUT2D eigenvalue weighted by Gasteiger charge is -2.06. The van der Waals surface area contributed by atoms with Crippen molar-refractivity contribution in [3.63, 3.8) is 0 Å². The van der Waals surface area contributed by atoms with Gasteiger partial charge in [0.1, 0.15) is 11.5 Å². The molecule has 4 nitrogen and oxygen atoms in total. The highest BCUT2D eigenvalue weighted by Gasteiger charge is 2.10. The molecule has 0 aliphatic heterocycles. The van der Waals surface area contributed by atoms with E-state index in [1.165, 1.54) is 0 Å². The number of nitrogens with one attached hydrogen (secondary N) is 1. The molecule has 0 amide bonds. The first-order valence-electron chi connectivity index (χ1n) is 6.25. The van der Waals surface area contributed by atoms with E-state index in [9.17, 15) is 5.11 Å². The molecule has 20 heavy (non-hydrogen) atoms. The van der Waals surface area contributed by atoms with Crippen molar-refractivity contribution in [2.75, 3.05) is 7.11 Å². The molecule has 2 N–H and O–H groups in total. The van der Waals surface area contributed by atoms with Gasteiger partial charge in [-0.1, -0.05) is 12.1 Å². The fourth-order valence-electron chi connectivity index (χ4n) is 2.14. The summed E-state index contributed by atoms with van der Waals surface area (Å²) in [4.78, 5) is 0. The highest BCUT2D eigenvalue weighted by Crippen LogP contribution is 2.32. The SMILES string of the molecule is COc1cccc(-c2cn[nH]c2-c2ccc(O)cc2)c1. The van der Waals surface area contributed by atoms with Gasteiger partial charge in [-0.15, -0.1) is 0 Å². The van der Waals surface area contributed by atoms with E-state index in [0.29, 0.717) is 0 Å². The van der Waals surface area contributed by atoms with Gasteiger partial charge < -0.3 is 9.84 Å². The number of hydrogen-bond acceptors (Lipinski definition) is 3. The zero-order valence-electron chi connectivity index (χ0n) is 11.0. The number of H-pyrrole nitrogens is 1. The molecule has 1 heterocycles. The molecule has 0 spiro atoms. The molecule has 3 aromatic rings. The van der Waals surface area contributed by atoms with Crippen molar-refractivity contribution in [2.45, 2.75) is 0 Å². The van der Waals surface area contributed by atoms with Gasteiger partial charge in [0, 0.05) is 11.1 Å². The van der Waals surface area contributed by atoms with Crippen molar-refractivity contribution in [1.82, 2.24) is 10.2 Å². The quantitative estimate of drug-likeness (QED) is 0.763. The largest absolute Gasteiger partial charge is 0.508 e. The molecule has 0 bridgehead atoms. The number of nitrogens with zero attached hydrogens (tertiary/aromatic N) is 1. The normalized spacial score (nSPS) is 10.4. The number of methoxy groups -OCH3 is 1. The Hall–Kier alpha value is -2.75. The molecule has 0 atom stereocenters. The number of phenolic OH excluding ortho intramolecular Hbond substituents is 1. The third kappa shape index (κ3) is 2.23. The standard InChI is InChI=1S/C16H14N2O2/c1-20-14-4-2-3-12(9-14)15-10-17-18-16(15)11-5-7-13(19)8-6-11/h2-10,19H,1H3,(H,17,18). The third-order valence-corrected chi connectivity index (χ3v) is 3.18. The summed E-state index contributed by atoms with van der Waals surface area (Å²) in [7, 11) is 1.65. The number of rotatable bonds is 3. The van der Waals surface area contributed by atoms with Gasteiger partial charge in [0.15, 0.2) is 0 Å². The summed E-state index contributed by atoms with van der Waals surface area (Å²) in [5.74, 6) is 1.05. The van der Waals surface area contributed by atoms with Crippen LogP contribution in [-0.2, 0) is 0 Å². The summed E-state index contributed by atoms with van der Waals surface area (Å²) in [5.41, 5.74) is 3.91. The molecular formula is C16H14N2O2. The number of aromatic hydroxyl groups is 1. The summed E-state index contributed by atoms with van der Waals surface area (Å²) in [6.45, 7) is 0. The number of phenols is 1. The average molecular weight is 266 g/mol. The first-order chi connectivity index (χ1) is 9.78. The Morgan fingerprint density at radius 2 is 1.85 bits per heavy atom. The first-order valence-corrected chi connectivity index (χ1v) is 6.25. The van der Waals surface area contributed by atoms with E-state index in [-0.39, 0.29) is 5.75 Å². The second kappa shape index (κ2) is 5.09. The van der Waals surface area contributed by atoms with Crippen LogP contribution in [0.1, 0.15) is 0 Å². The van der Waals surface area contributed by atoms with Crippen molar-refractivity contribution in [3.8, 4) is 33.9 Å². The van der Waals surface area contributed by atoms with Crippen LogP contribution in [0.3, 0.4) is 0 Å². The van der Waals surface area contributed by atoms with E-state index < -0.39 is 0 Å². The average Bonchev–Trinajstić information content (AvgIpc) is 2.97. The molecule has 1 aromatic heterocycles. The van der Waals surface area contributed by atoms with Gasteiger partial charge in [-0.3, -0.25) is 5.10 Å². The fraction of sp³-hybridized carbons (Fsp3) is 0.0625. The van der Waals surface area contributed by atoms with Gasteiger partial charge in [0.05, 0.1) is 19.0 Å². The fourth-order valence-corrected chi connectivity index (χ4v) is 2.14. The van der Waals surface area contributed by atoms with Gasteiger partial charge in [0.2, 0.25) is 0 Å². The highest BCUT2D eigenvalue weighted by molar-refractivity contribution is 5.80. The van der Waals surface area contributed by atoms with E-state index in [1.807, 2.05) is 36.4 Å². The maximum atomic E-state index is 9.37. The Kier molecular flexibility index (Phi) is 3.13. The Balaban J connectivity index is 2.07. The molecule has 100 valence electrons. The van der Waals surface area contributed by atoms with Crippen LogP contribution in [0.15, 0.2) is 54.7 Å². The van der Waals surface area contributed by atoms with Gasteiger partial charge in [0.25, 0.3) is 0 Å². The van der Waals surface area contributed by atoms with E-state index in [0.717, 1.165) is 28.1 Å². The van der Waals surface area contributed by atoms with Gasteiger partial charge in [-0.05, 0) is 42.0 Å². The maximum Gasteiger partial charge on any atom is 0.119 e. The Labute approximate surface area is 116 Å². The number of hydrogen-bond donors (Lipinski definition) is 2. The maximum absolute atomic E-state index is 9.37. The van der Waals surface area contributed by atoms with Crippen LogP contribution in [-0.4, -0.2) is 22.4 Å². The topological polar surface area (TPSA) is 58.1 Å². The van der Waals surface area contributed by atoms with Crippen LogP contribution >= 0.6 is 0 Å². The van der Waals surface area contributed by atoms with Gasteiger partial charge in [-0.2, -0.15) is 5.10 Å². The van der Waals surface area contributed by atoms with Gasteiger partial charge >= 0.3 is 0 Å². The third-order valence-electron chi connectivity index (χ3n) is 3.18. The van der Waals surface area contributed by atoms with Crippen LogP contribution in [0.25, 0.3) is 22.4 Å². The lowest BCUT2D eigenvalue weighted by atomic mass is 10.0. The van der Waals surface area contributed by atoms with E-state index >= 15 is 0 Å². The number of aromatic amines is 1. The summed E-state index contributed by atoms with van der Waals surface area (Å²) < 4.78 is 5.25. The molecule has 3 rings (SSSR count). The molecule has 4 heteroatoms. The van der Waals surface area contributed by atoms with Crippen LogP contribution in [0.2, 0.25) is 0 Å². The van der Waals surface area contributed by atoms with E-state index in [2.05, 4.69) is 10.2 Å². The van der Waals surface area contributed by atoms with Crippen LogP contribution < -0.4 is 4.74 Å². The van der Waals surface area contributed by atoms with Crippen molar-refractivity contribution in [3.05, 3.63) is 54.7 Å². The van der Waals surface area contributed by atoms with Crippen LogP contribution in [0.4, 0.5) is 0 Å². The van der Waals surface area contributed by atoms with Crippen LogP contribution in [0, 0.1) is 0 Å². The summed E-state index contributed by atoms with van der Waals surface area (Å²) in [6.07, 6.45) is 1.79. The van der Waals surface area contributed by atoms with E-state index in [1.54, 1.807) is 25.4 Å². The Bertz CT molecular complexity index is 717. The number of ether oxygens (including phenoxy) is 1. The minimum atomic E-state index is 0.246. The number of benzene rings is 2. The van der Waals surface area contributed by atoms with Crippen molar-refractivity contribution < 1.29 is 9.84 Å². The molecule has 0 unspecified atom stereocenters. The Morgan fingerprint density at radius 3 is 2.60 bits per heavy atom. The molecule has 0 aliphatic carbocycles. The van der Waals surface area contributed by atoms with Crippen molar-refractivity contribution in [1.29, 1.82) is 0 Å². The van der Waals surface area contributed by atoms with E-state index in [4.69, 9.17) is 4.74 Å². The number of aromatic nitrogens is 2. The Morgan fingerprint density at radius 1 is 1.05 bits per heavy atom. The molecule has 0 saturated carbocycles. The van der Waals surface area contributed by atoms with Crippen molar-refractivity contribution in [2.24, 2.45) is 0 Å². The molecule has 0 saturated heterocycles. The van der Waals surface area contributed by atoms with Crippen molar-refractivity contribution >= 4 is 0 Å². The highest BCUT2D eigenvalue weighted by atomic mass is 16.5. The smallest absolute Gasteiger partial charge is 0.119 e. The molecule has 0 radical (unpaired) electrons. The van der Waals surface area contributed by atoms with Crippen LogP contribution in [0.5, 0.6) is 11.5 Å². The lowest BCUT2D eigenvalue weighted by Crippen LogP contribution is -1.85. The predicted molar refractivity (Wildman–Crippen MR) is 77.7 cm³/mol. The van der Waals surface area contributed by atoms with Gasteiger partial charge in [-0.25, -0.2) is 0 Å². The lowest BCUT2D eigenvalue weighted by molar-refractivity contribution is 0.415. The molecular weight excluding hydrogens is 252 g/mol. The second-order valence-corrected chi connectivity index (χ2v) is 4.44. The monoisotopic (exact) mass is 266 g/mol. The summed E-state index contributed by atoms with van der Waals surface area (Å²) >= 11 is 0. The molecule has 0 aliphatic rings. The minimum Gasteiger partial charge on any atom is -0.508 e.